The summed E-state index contributed by atoms with van der Waals surface area (Å²) in [6.07, 6.45) is 2.70. The molecule has 2 aliphatic rings. The summed E-state index contributed by atoms with van der Waals surface area (Å²) in [6, 6.07) is 12.5. The van der Waals surface area contributed by atoms with Gasteiger partial charge in [0.25, 0.3) is 17.0 Å². The molecule has 1 amide bonds. The number of carbonyl (C=O) groups excluding carboxylic acids is 1. The van der Waals surface area contributed by atoms with Crippen LogP contribution in [0.25, 0.3) is 0 Å². The molecule has 0 spiro atoms. The van der Waals surface area contributed by atoms with Crippen molar-refractivity contribution in [1.29, 1.82) is 0 Å². The molecule has 8 nitrogen and oxygen atoms in total. The molecule has 1 fully saturated rings. The molecule has 3 aromatic rings. The van der Waals surface area contributed by atoms with Gasteiger partial charge in [-0.05, 0) is 49.6 Å². The summed E-state index contributed by atoms with van der Waals surface area (Å²) < 4.78 is 3.37. The van der Waals surface area contributed by atoms with Gasteiger partial charge in [0.1, 0.15) is 11.4 Å². The number of aromatic nitrogens is 3. The summed E-state index contributed by atoms with van der Waals surface area (Å²) in [6.45, 7) is 4.20. The van der Waals surface area contributed by atoms with E-state index in [9.17, 15) is 14.4 Å². The number of nitrogens with one attached hydrogen (secondary N) is 1. The average molecular weight is 431 g/mol. The van der Waals surface area contributed by atoms with Crippen LogP contribution in [0, 0.1) is 12.8 Å². The maximum atomic E-state index is 12.6. The van der Waals surface area contributed by atoms with Crippen LogP contribution in [0.3, 0.4) is 0 Å². The Balaban J connectivity index is 1.32. The van der Waals surface area contributed by atoms with E-state index in [0.717, 1.165) is 43.3 Å². The highest BCUT2D eigenvalue weighted by Gasteiger charge is 2.34. The lowest BCUT2D eigenvalue weighted by Crippen LogP contribution is -2.47. The normalized spacial score (nSPS) is 19.4. The van der Waals surface area contributed by atoms with Crippen LogP contribution in [0.5, 0.6) is 0 Å². The van der Waals surface area contributed by atoms with E-state index in [1.165, 1.54) is 4.57 Å². The summed E-state index contributed by atoms with van der Waals surface area (Å²) in [4.78, 5) is 43.9. The van der Waals surface area contributed by atoms with Gasteiger partial charge in [-0.15, -0.1) is 0 Å². The lowest BCUT2D eigenvalue weighted by molar-refractivity contribution is 0.102. The number of piperidine rings is 1. The van der Waals surface area contributed by atoms with Gasteiger partial charge in [0.2, 0.25) is 0 Å². The molecule has 1 N–H and O–H groups in total. The number of nitrogens with zero attached hydrogens (tertiary/aromatic N) is 4. The third-order valence-corrected chi connectivity index (χ3v) is 6.61. The smallest absolute Gasteiger partial charge is 0.263 e. The Morgan fingerprint density at radius 2 is 1.91 bits per heavy atom. The lowest BCUT2D eigenvalue weighted by Gasteiger charge is -2.43. The van der Waals surface area contributed by atoms with Crippen molar-refractivity contribution in [2.75, 3.05) is 23.3 Å². The highest BCUT2D eigenvalue weighted by molar-refractivity contribution is 6.03. The molecule has 5 rings (SSSR count). The van der Waals surface area contributed by atoms with Crippen molar-refractivity contribution in [2.24, 2.45) is 13.0 Å². The summed E-state index contributed by atoms with van der Waals surface area (Å²) in [5, 5.41) is 2.76. The molecular formula is C24H25N5O3. The fourth-order valence-corrected chi connectivity index (χ4v) is 4.83. The van der Waals surface area contributed by atoms with Crippen molar-refractivity contribution in [1.82, 2.24) is 14.1 Å². The zero-order valence-corrected chi connectivity index (χ0v) is 18.1. The third kappa shape index (κ3) is 3.51. The minimum atomic E-state index is -0.449. The number of pyridine rings is 3. The van der Waals surface area contributed by atoms with E-state index in [0.29, 0.717) is 17.5 Å². The molecule has 2 aliphatic heterocycles. The predicted molar refractivity (Wildman–Crippen MR) is 122 cm³/mol. The molecule has 1 saturated heterocycles. The van der Waals surface area contributed by atoms with Gasteiger partial charge in [0.05, 0.1) is 11.9 Å². The van der Waals surface area contributed by atoms with E-state index in [-0.39, 0.29) is 16.7 Å². The minimum absolute atomic E-state index is 0.0762. The molecule has 0 unspecified atom stereocenters. The van der Waals surface area contributed by atoms with Gasteiger partial charge >= 0.3 is 0 Å². The predicted octanol–water partition coefficient (Wildman–Crippen LogP) is 2.13. The first-order valence-corrected chi connectivity index (χ1v) is 10.8. The van der Waals surface area contributed by atoms with Crippen LogP contribution in [-0.4, -0.2) is 33.1 Å². The monoisotopic (exact) mass is 431 g/mol. The molecule has 0 aliphatic carbocycles. The quantitative estimate of drug-likeness (QED) is 0.686. The SMILES string of the molecule is Cc1ccc(C(=O)Nc2ccc(N3C[C@H]4C[C@@H](C3)c3cccc(=O)n3C4)nc2)c(=O)n1C. The number of fused-ring (bicyclic) bond motifs is 4. The standard InChI is InChI=1S/C24H25N5O3/c1-15-6-8-19(24(32)27(15)2)23(31)26-18-7-9-21(25-11-18)28-12-16-10-17(14-28)20-4-3-5-22(30)29(20)13-16/h3-9,11,16-17H,10,12-14H2,1-2H3,(H,26,31)/t16-,17+/m1/s1. The molecular weight excluding hydrogens is 406 g/mol. The zero-order valence-electron chi connectivity index (χ0n) is 18.1. The van der Waals surface area contributed by atoms with Crippen LogP contribution in [0.4, 0.5) is 11.5 Å². The first kappa shape index (κ1) is 20.2. The Labute approximate surface area is 185 Å². The molecule has 0 saturated carbocycles. The van der Waals surface area contributed by atoms with E-state index in [1.54, 1.807) is 31.4 Å². The van der Waals surface area contributed by atoms with Gasteiger partial charge in [-0.25, -0.2) is 4.98 Å². The van der Waals surface area contributed by atoms with Crippen LogP contribution >= 0.6 is 0 Å². The topological polar surface area (TPSA) is 89.2 Å². The van der Waals surface area contributed by atoms with Crippen LogP contribution in [-0.2, 0) is 13.6 Å². The Morgan fingerprint density at radius 3 is 2.69 bits per heavy atom. The van der Waals surface area contributed by atoms with Gasteiger partial charge in [0, 0.05) is 50.1 Å². The zero-order chi connectivity index (χ0) is 22.4. The number of rotatable bonds is 3. The van der Waals surface area contributed by atoms with E-state index in [4.69, 9.17) is 0 Å². The summed E-state index contributed by atoms with van der Waals surface area (Å²) >= 11 is 0. The fourth-order valence-electron chi connectivity index (χ4n) is 4.83. The van der Waals surface area contributed by atoms with E-state index < -0.39 is 5.91 Å². The Kier molecular flexibility index (Phi) is 4.92. The van der Waals surface area contributed by atoms with Gasteiger partial charge in [0.15, 0.2) is 0 Å². The van der Waals surface area contributed by atoms with Crippen LogP contribution < -0.4 is 21.3 Å². The van der Waals surface area contributed by atoms with Crippen LogP contribution in [0.1, 0.15) is 34.1 Å². The van der Waals surface area contributed by atoms with Crippen molar-refractivity contribution in [2.45, 2.75) is 25.8 Å². The molecule has 32 heavy (non-hydrogen) atoms. The third-order valence-electron chi connectivity index (χ3n) is 6.61. The number of aryl methyl sites for hydroxylation is 1. The lowest BCUT2D eigenvalue weighted by atomic mass is 9.83. The number of amides is 1. The first-order valence-electron chi connectivity index (χ1n) is 10.8. The highest BCUT2D eigenvalue weighted by atomic mass is 16.2. The van der Waals surface area contributed by atoms with Crippen molar-refractivity contribution in [3.63, 3.8) is 0 Å². The molecule has 0 radical (unpaired) electrons. The number of anilines is 2. The molecule has 2 bridgehead atoms. The van der Waals surface area contributed by atoms with Crippen molar-refractivity contribution in [3.8, 4) is 0 Å². The Hall–Kier alpha value is -3.68. The van der Waals surface area contributed by atoms with E-state index >= 15 is 0 Å². The van der Waals surface area contributed by atoms with Crippen molar-refractivity contribution < 1.29 is 4.79 Å². The second kappa shape index (κ2) is 7.78. The van der Waals surface area contributed by atoms with Gasteiger partial charge in [-0.2, -0.15) is 0 Å². The Bertz CT molecular complexity index is 1310. The molecule has 5 heterocycles. The summed E-state index contributed by atoms with van der Waals surface area (Å²) in [5.74, 6) is 1.10. The molecule has 0 aromatic carbocycles. The second-order valence-electron chi connectivity index (χ2n) is 8.71. The van der Waals surface area contributed by atoms with Crippen LogP contribution in [0.2, 0.25) is 0 Å². The second-order valence-corrected chi connectivity index (χ2v) is 8.71. The van der Waals surface area contributed by atoms with E-state index in [2.05, 4.69) is 15.2 Å². The average Bonchev–Trinajstić information content (AvgIpc) is 2.78. The number of hydrogen-bond acceptors (Lipinski definition) is 5. The van der Waals surface area contributed by atoms with E-state index in [1.807, 2.05) is 35.8 Å². The Morgan fingerprint density at radius 1 is 1.06 bits per heavy atom. The fraction of sp³-hybridized carbons (Fsp3) is 0.333. The van der Waals surface area contributed by atoms with Crippen molar-refractivity contribution in [3.05, 3.63) is 86.3 Å². The van der Waals surface area contributed by atoms with Crippen LogP contribution in [0.15, 0.2) is 58.3 Å². The minimum Gasteiger partial charge on any atom is -0.356 e. The van der Waals surface area contributed by atoms with Crippen molar-refractivity contribution >= 4 is 17.4 Å². The summed E-state index contributed by atoms with van der Waals surface area (Å²) in [5.41, 5.74) is 2.27. The number of carbonyl (C=O) groups is 1. The summed E-state index contributed by atoms with van der Waals surface area (Å²) in [7, 11) is 1.65. The highest BCUT2D eigenvalue weighted by Crippen LogP contribution is 2.36. The largest absolute Gasteiger partial charge is 0.356 e. The molecule has 164 valence electrons. The molecule has 2 atom stereocenters. The maximum absolute atomic E-state index is 12.6. The molecule has 3 aromatic heterocycles. The van der Waals surface area contributed by atoms with Gasteiger partial charge in [-0.3, -0.25) is 14.4 Å². The molecule has 8 heteroatoms. The number of hydrogen-bond donors (Lipinski definition) is 1. The van der Waals surface area contributed by atoms with Gasteiger partial charge < -0.3 is 19.4 Å². The van der Waals surface area contributed by atoms with Gasteiger partial charge in [-0.1, -0.05) is 6.07 Å². The first-order chi connectivity index (χ1) is 15.4. The maximum Gasteiger partial charge on any atom is 0.263 e.